The van der Waals surface area contributed by atoms with Crippen molar-refractivity contribution in [1.82, 2.24) is 19.4 Å². The van der Waals surface area contributed by atoms with E-state index < -0.39 is 23.2 Å². The van der Waals surface area contributed by atoms with E-state index in [0.29, 0.717) is 25.6 Å². The number of pyridine rings is 1. The zero-order chi connectivity index (χ0) is 17.5. The van der Waals surface area contributed by atoms with Crippen molar-refractivity contribution < 1.29 is 18.0 Å². The van der Waals surface area contributed by atoms with Gasteiger partial charge in [0.05, 0.1) is 5.56 Å². The first-order valence-corrected chi connectivity index (χ1v) is 7.34. The normalized spacial score (nSPS) is 18.2. The Hall–Kier alpha value is -2.58. The smallest absolute Gasteiger partial charge is 0.338 e. The lowest BCUT2D eigenvalue weighted by molar-refractivity contribution is -0.138. The lowest BCUT2D eigenvalue weighted by Gasteiger charge is -2.17. The van der Waals surface area contributed by atoms with Gasteiger partial charge in [0.2, 0.25) is 0 Å². The van der Waals surface area contributed by atoms with Crippen molar-refractivity contribution in [2.75, 3.05) is 13.1 Å². The van der Waals surface area contributed by atoms with E-state index in [2.05, 4.69) is 4.98 Å². The Morgan fingerprint density at radius 3 is 2.79 bits per heavy atom. The molecule has 9 heteroatoms. The molecule has 2 aromatic heterocycles. The molecule has 24 heavy (non-hydrogen) atoms. The maximum atomic E-state index is 12.8. The summed E-state index contributed by atoms with van der Waals surface area (Å²) in [6.07, 6.45) is 0.374. The van der Waals surface area contributed by atoms with Crippen LogP contribution in [0.1, 0.15) is 34.1 Å². The largest absolute Gasteiger partial charge is 0.421 e. The second-order valence-corrected chi connectivity index (χ2v) is 5.76. The molecular weight excluding hydrogens is 325 g/mol. The van der Waals surface area contributed by atoms with Crippen LogP contribution in [0.5, 0.6) is 0 Å². The molecule has 0 radical (unpaired) electrons. The summed E-state index contributed by atoms with van der Waals surface area (Å²) in [5, 5.41) is 0. The number of hydrogen-bond donors (Lipinski definition) is 1. The summed E-state index contributed by atoms with van der Waals surface area (Å²) in [5.74, 6) is 0.343. The van der Waals surface area contributed by atoms with Crippen molar-refractivity contribution in [3.05, 3.63) is 52.0 Å². The Balaban J connectivity index is 1.81. The number of alkyl halides is 3. The highest BCUT2D eigenvalue weighted by molar-refractivity contribution is 5.94. The molecule has 3 rings (SSSR count). The van der Waals surface area contributed by atoms with Gasteiger partial charge in [0.25, 0.3) is 11.5 Å². The molecule has 3 heterocycles. The second kappa shape index (κ2) is 5.81. The SMILES string of the molecule is Cn1ccnc1C1CCN(C(=O)c2c[nH]c(=O)c(C(F)(F)F)c2)C1. The van der Waals surface area contributed by atoms with Crippen LogP contribution in [0.4, 0.5) is 13.2 Å². The number of rotatable bonds is 2. The highest BCUT2D eigenvalue weighted by Crippen LogP contribution is 2.29. The molecule has 1 amide bonds. The number of amides is 1. The number of hydrogen-bond acceptors (Lipinski definition) is 3. The molecule has 1 fully saturated rings. The van der Waals surface area contributed by atoms with Crippen LogP contribution in [0.25, 0.3) is 0 Å². The fourth-order valence-corrected chi connectivity index (χ4v) is 2.93. The van der Waals surface area contributed by atoms with Gasteiger partial charge in [-0.05, 0) is 12.5 Å². The van der Waals surface area contributed by atoms with Crippen LogP contribution in [-0.2, 0) is 13.2 Å². The van der Waals surface area contributed by atoms with Crippen molar-refractivity contribution in [3.63, 3.8) is 0 Å². The highest BCUT2D eigenvalue weighted by atomic mass is 19.4. The fourth-order valence-electron chi connectivity index (χ4n) is 2.93. The lowest BCUT2D eigenvalue weighted by atomic mass is 10.1. The highest BCUT2D eigenvalue weighted by Gasteiger charge is 2.36. The molecule has 1 aliphatic heterocycles. The van der Waals surface area contributed by atoms with Crippen LogP contribution < -0.4 is 5.56 Å². The molecule has 0 aliphatic carbocycles. The zero-order valence-electron chi connectivity index (χ0n) is 12.8. The summed E-state index contributed by atoms with van der Waals surface area (Å²) < 4.78 is 40.3. The minimum atomic E-state index is -4.80. The summed E-state index contributed by atoms with van der Waals surface area (Å²) in [6, 6.07) is 0.606. The van der Waals surface area contributed by atoms with E-state index in [9.17, 15) is 22.8 Å². The standard InChI is InChI=1S/C15H15F3N4O2/c1-21-5-3-19-12(21)9-2-4-22(8-9)14(24)10-6-11(15(16,17)18)13(23)20-7-10/h3,5-7,9H,2,4,8H2,1H3,(H,20,23). The monoisotopic (exact) mass is 340 g/mol. The molecule has 0 spiro atoms. The van der Waals surface area contributed by atoms with Crippen molar-refractivity contribution >= 4 is 5.91 Å². The molecule has 0 saturated carbocycles. The predicted octanol–water partition coefficient (Wildman–Crippen LogP) is 1.76. The van der Waals surface area contributed by atoms with Gasteiger partial charge in [0, 0.05) is 44.6 Å². The molecule has 128 valence electrons. The van der Waals surface area contributed by atoms with Crippen LogP contribution in [0, 0.1) is 0 Å². The van der Waals surface area contributed by atoms with Gasteiger partial charge < -0.3 is 14.5 Å². The molecule has 1 aliphatic rings. The van der Waals surface area contributed by atoms with Crippen LogP contribution >= 0.6 is 0 Å². The van der Waals surface area contributed by atoms with E-state index >= 15 is 0 Å². The second-order valence-electron chi connectivity index (χ2n) is 5.76. The third-order valence-corrected chi connectivity index (χ3v) is 4.15. The van der Waals surface area contributed by atoms with E-state index in [4.69, 9.17) is 0 Å². The number of carbonyl (C=O) groups is 1. The van der Waals surface area contributed by atoms with Gasteiger partial charge in [-0.1, -0.05) is 0 Å². The number of aryl methyl sites for hydroxylation is 1. The Morgan fingerprint density at radius 2 is 2.17 bits per heavy atom. The van der Waals surface area contributed by atoms with E-state index in [1.807, 2.05) is 16.6 Å². The summed E-state index contributed by atoms with van der Waals surface area (Å²) >= 11 is 0. The zero-order valence-corrected chi connectivity index (χ0v) is 12.8. The predicted molar refractivity (Wildman–Crippen MR) is 78.5 cm³/mol. The molecular formula is C15H15F3N4O2. The molecule has 1 saturated heterocycles. The van der Waals surface area contributed by atoms with Crippen LogP contribution in [-0.4, -0.2) is 38.4 Å². The number of H-pyrrole nitrogens is 1. The van der Waals surface area contributed by atoms with Crippen LogP contribution in [0.3, 0.4) is 0 Å². The average molecular weight is 340 g/mol. The maximum Gasteiger partial charge on any atom is 0.421 e. The topological polar surface area (TPSA) is 71.0 Å². The van der Waals surface area contributed by atoms with Gasteiger partial charge in [-0.25, -0.2) is 4.98 Å². The Bertz CT molecular complexity index is 825. The van der Waals surface area contributed by atoms with Crippen LogP contribution in [0.2, 0.25) is 0 Å². The molecule has 1 N–H and O–H groups in total. The summed E-state index contributed by atoms with van der Waals surface area (Å²) in [6.45, 7) is 0.807. The molecule has 6 nitrogen and oxygen atoms in total. The van der Waals surface area contributed by atoms with Gasteiger partial charge in [0.1, 0.15) is 11.4 Å². The van der Waals surface area contributed by atoms with Gasteiger partial charge in [-0.3, -0.25) is 9.59 Å². The third-order valence-electron chi connectivity index (χ3n) is 4.15. The molecule has 1 unspecified atom stereocenters. The maximum absolute atomic E-state index is 12.8. The fraction of sp³-hybridized carbons (Fsp3) is 0.400. The van der Waals surface area contributed by atoms with E-state index in [1.54, 1.807) is 12.4 Å². The summed E-state index contributed by atoms with van der Waals surface area (Å²) in [7, 11) is 1.85. The van der Waals surface area contributed by atoms with E-state index in [-0.39, 0.29) is 11.5 Å². The summed E-state index contributed by atoms with van der Waals surface area (Å²) in [4.78, 5) is 31.5. The minimum absolute atomic E-state index is 0.0406. The lowest BCUT2D eigenvalue weighted by Crippen LogP contribution is -2.30. The number of aromatic nitrogens is 3. The Labute approximate surface area is 134 Å². The molecule has 0 aromatic carbocycles. The number of imidazole rings is 1. The Morgan fingerprint density at radius 1 is 1.42 bits per heavy atom. The van der Waals surface area contributed by atoms with Gasteiger partial charge in [-0.2, -0.15) is 13.2 Å². The number of nitrogens with zero attached hydrogens (tertiary/aromatic N) is 3. The first-order chi connectivity index (χ1) is 11.3. The molecule has 0 bridgehead atoms. The Kier molecular flexibility index (Phi) is 3.94. The van der Waals surface area contributed by atoms with Gasteiger partial charge in [0.15, 0.2) is 0 Å². The quantitative estimate of drug-likeness (QED) is 0.905. The molecule has 2 aromatic rings. The van der Waals surface area contributed by atoms with Gasteiger partial charge in [-0.15, -0.1) is 0 Å². The first kappa shape index (κ1) is 16.3. The average Bonchev–Trinajstić information content (AvgIpc) is 3.14. The minimum Gasteiger partial charge on any atom is -0.338 e. The van der Waals surface area contributed by atoms with Crippen molar-refractivity contribution in [1.29, 1.82) is 0 Å². The number of nitrogens with one attached hydrogen (secondary N) is 1. The number of carbonyl (C=O) groups excluding carboxylic acids is 1. The van der Waals surface area contributed by atoms with Gasteiger partial charge >= 0.3 is 6.18 Å². The summed E-state index contributed by atoms with van der Waals surface area (Å²) in [5.41, 5.74) is -2.80. The van der Waals surface area contributed by atoms with Crippen LogP contribution in [0.15, 0.2) is 29.5 Å². The number of likely N-dealkylation sites (tertiary alicyclic amines) is 1. The van der Waals surface area contributed by atoms with E-state index in [0.717, 1.165) is 12.0 Å². The molecule has 1 atom stereocenters. The van der Waals surface area contributed by atoms with E-state index in [1.165, 1.54) is 4.90 Å². The first-order valence-electron chi connectivity index (χ1n) is 7.34. The third kappa shape index (κ3) is 2.93. The van der Waals surface area contributed by atoms with Crippen molar-refractivity contribution in [3.8, 4) is 0 Å². The van der Waals surface area contributed by atoms with Crippen molar-refractivity contribution in [2.45, 2.75) is 18.5 Å². The van der Waals surface area contributed by atoms with Crippen molar-refractivity contribution in [2.24, 2.45) is 7.05 Å². The number of halogens is 3. The number of aromatic amines is 1.